The molecule has 0 atom stereocenters. The van der Waals surface area contributed by atoms with Crippen LogP contribution in [0, 0.1) is 18.3 Å². The molecule has 0 saturated carbocycles. The quantitative estimate of drug-likeness (QED) is 0.274. The number of hydrogen-bond donors (Lipinski definition) is 1. The van der Waals surface area contributed by atoms with Gasteiger partial charge in [-0.2, -0.15) is 5.26 Å². The summed E-state index contributed by atoms with van der Waals surface area (Å²) in [4.78, 5) is 12.6. The lowest BCUT2D eigenvalue weighted by atomic mass is 10.1. The topological polar surface area (TPSA) is 71.3 Å². The Hall–Kier alpha value is -3.56. The summed E-state index contributed by atoms with van der Waals surface area (Å²) in [5.41, 5.74) is 3.52. The number of benzene rings is 3. The normalized spacial score (nSPS) is 11.1. The molecule has 168 valence electrons. The molecule has 3 aromatic rings. The Morgan fingerprint density at radius 3 is 2.55 bits per heavy atom. The van der Waals surface area contributed by atoms with Crippen LogP contribution < -0.4 is 14.8 Å². The molecule has 3 aromatic carbocycles. The van der Waals surface area contributed by atoms with Crippen molar-refractivity contribution < 1.29 is 14.3 Å². The number of nitriles is 1. The average Bonchev–Trinajstić information content (AvgIpc) is 2.77. The van der Waals surface area contributed by atoms with Gasteiger partial charge >= 0.3 is 0 Å². The molecule has 0 aliphatic heterocycles. The van der Waals surface area contributed by atoms with Crippen LogP contribution in [0.3, 0.4) is 0 Å². The van der Waals surface area contributed by atoms with Crippen LogP contribution in [0.25, 0.3) is 6.08 Å². The van der Waals surface area contributed by atoms with Crippen molar-refractivity contribution in [2.24, 2.45) is 0 Å². The van der Waals surface area contributed by atoms with Gasteiger partial charge in [0.25, 0.3) is 5.91 Å². The van der Waals surface area contributed by atoms with E-state index in [9.17, 15) is 10.1 Å². The molecular weight excluding hydrogens is 480 g/mol. The third-order valence-corrected chi connectivity index (χ3v) is 5.23. The van der Waals surface area contributed by atoms with Crippen molar-refractivity contribution in [1.82, 2.24) is 0 Å². The summed E-state index contributed by atoms with van der Waals surface area (Å²) in [5.74, 6) is 0.836. The van der Waals surface area contributed by atoms with E-state index in [4.69, 9.17) is 9.47 Å². The first-order chi connectivity index (χ1) is 15.8. The van der Waals surface area contributed by atoms with Crippen molar-refractivity contribution in [3.63, 3.8) is 0 Å². The third-order valence-electron chi connectivity index (χ3n) is 4.61. The summed E-state index contributed by atoms with van der Waals surface area (Å²) in [5, 5.41) is 12.3. The van der Waals surface area contributed by atoms with Crippen LogP contribution in [0.15, 0.2) is 76.8 Å². The second-order valence-electron chi connectivity index (χ2n) is 7.78. The van der Waals surface area contributed by atoms with Gasteiger partial charge in [0.15, 0.2) is 0 Å². The second kappa shape index (κ2) is 11.3. The molecule has 5 nitrogen and oxygen atoms in total. The third kappa shape index (κ3) is 7.23. The molecule has 33 heavy (non-hydrogen) atoms. The summed E-state index contributed by atoms with van der Waals surface area (Å²) in [6.07, 6.45) is 1.56. The molecule has 0 radical (unpaired) electrons. The maximum Gasteiger partial charge on any atom is 0.266 e. The van der Waals surface area contributed by atoms with Crippen molar-refractivity contribution in [3.05, 3.63) is 93.5 Å². The molecule has 1 amide bonds. The number of nitrogens with zero attached hydrogens (tertiary/aromatic N) is 1. The van der Waals surface area contributed by atoms with Crippen molar-refractivity contribution in [2.75, 3.05) is 5.32 Å². The Morgan fingerprint density at radius 2 is 1.88 bits per heavy atom. The highest BCUT2D eigenvalue weighted by Gasteiger charge is 2.11. The largest absolute Gasteiger partial charge is 0.491 e. The zero-order valence-corrected chi connectivity index (χ0v) is 20.3. The monoisotopic (exact) mass is 504 g/mol. The van der Waals surface area contributed by atoms with E-state index >= 15 is 0 Å². The predicted molar refractivity (Wildman–Crippen MR) is 134 cm³/mol. The van der Waals surface area contributed by atoms with Crippen molar-refractivity contribution in [1.29, 1.82) is 5.26 Å². The minimum absolute atomic E-state index is 0.00888. The van der Waals surface area contributed by atoms with Crippen LogP contribution in [-0.2, 0) is 11.4 Å². The molecule has 0 bridgehead atoms. The zero-order chi connectivity index (χ0) is 23.8. The van der Waals surface area contributed by atoms with Crippen LogP contribution in [0.4, 0.5) is 5.69 Å². The predicted octanol–water partition coefficient (Wildman–Crippen LogP) is 6.67. The van der Waals surface area contributed by atoms with Gasteiger partial charge in [-0.3, -0.25) is 4.79 Å². The van der Waals surface area contributed by atoms with Crippen LogP contribution in [0.5, 0.6) is 11.5 Å². The molecule has 0 aromatic heterocycles. The maximum absolute atomic E-state index is 12.6. The van der Waals surface area contributed by atoms with Gasteiger partial charge in [-0.25, -0.2) is 0 Å². The Morgan fingerprint density at radius 1 is 1.12 bits per heavy atom. The summed E-state index contributed by atoms with van der Waals surface area (Å²) in [7, 11) is 0. The van der Waals surface area contributed by atoms with E-state index < -0.39 is 5.91 Å². The van der Waals surface area contributed by atoms with E-state index in [1.54, 1.807) is 24.3 Å². The van der Waals surface area contributed by atoms with Gasteiger partial charge in [-0.15, -0.1) is 0 Å². The van der Waals surface area contributed by atoms with Gasteiger partial charge in [-0.1, -0.05) is 42.0 Å². The number of hydrogen-bond acceptors (Lipinski definition) is 4. The van der Waals surface area contributed by atoms with Crippen molar-refractivity contribution >= 4 is 33.6 Å². The smallest absolute Gasteiger partial charge is 0.266 e. The highest BCUT2D eigenvalue weighted by Crippen LogP contribution is 2.28. The first-order valence-electron chi connectivity index (χ1n) is 10.5. The SMILES string of the molecule is Cc1ccc(COc2ccc(/C=C(/C#N)C(=O)Nc3cccc(OC(C)C)c3)cc2Br)cc1. The highest BCUT2D eigenvalue weighted by molar-refractivity contribution is 9.10. The molecule has 6 heteroatoms. The number of amides is 1. The molecular formula is C27H25BrN2O3. The summed E-state index contributed by atoms with van der Waals surface area (Å²) < 4.78 is 12.3. The van der Waals surface area contributed by atoms with E-state index in [0.29, 0.717) is 29.4 Å². The number of halogens is 1. The Bertz CT molecular complexity index is 1190. The lowest BCUT2D eigenvalue weighted by Gasteiger charge is -2.11. The van der Waals surface area contributed by atoms with E-state index in [-0.39, 0.29) is 11.7 Å². The molecule has 0 aliphatic carbocycles. The minimum Gasteiger partial charge on any atom is -0.491 e. The lowest BCUT2D eigenvalue weighted by Crippen LogP contribution is -2.13. The number of rotatable bonds is 8. The Balaban J connectivity index is 1.68. The number of anilines is 1. The highest BCUT2D eigenvalue weighted by atomic mass is 79.9. The standard InChI is InChI=1S/C27H25BrN2O3/c1-18(2)33-24-6-4-5-23(15-24)30-27(31)22(16-29)13-21-11-12-26(25(28)14-21)32-17-20-9-7-19(3)8-10-20/h4-15,18H,17H2,1-3H3,(H,30,31)/b22-13-. The molecule has 0 saturated heterocycles. The Kier molecular flexibility index (Phi) is 8.28. The van der Waals surface area contributed by atoms with Crippen LogP contribution in [0.2, 0.25) is 0 Å². The van der Waals surface area contributed by atoms with Crippen LogP contribution in [-0.4, -0.2) is 12.0 Å². The number of carbonyl (C=O) groups is 1. The van der Waals surface area contributed by atoms with Crippen LogP contribution >= 0.6 is 15.9 Å². The Labute approximate surface area is 202 Å². The number of aryl methyl sites for hydroxylation is 1. The van der Waals surface area contributed by atoms with Gasteiger partial charge < -0.3 is 14.8 Å². The molecule has 0 spiro atoms. The maximum atomic E-state index is 12.6. The number of ether oxygens (including phenoxy) is 2. The number of carbonyl (C=O) groups excluding carboxylic acids is 1. The van der Waals surface area contributed by atoms with Crippen molar-refractivity contribution in [3.8, 4) is 17.6 Å². The van der Waals surface area contributed by atoms with Gasteiger partial charge in [0, 0.05) is 11.8 Å². The fourth-order valence-corrected chi connectivity index (χ4v) is 3.51. The van der Waals surface area contributed by atoms with Crippen molar-refractivity contribution in [2.45, 2.75) is 33.5 Å². The number of nitrogens with one attached hydrogen (secondary N) is 1. The second-order valence-corrected chi connectivity index (χ2v) is 8.64. The lowest BCUT2D eigenvalue weighted by molar-refractivity contribution is -0.112. The first kappa shape index (κ1) is 24.1. The van der Waals surface area contributed by atoms with Gasteiger partial charge in [0.05, 0.1) is 10.6 Å². The van der Waals surface area contributed by atoms with Crippen LogP contribution in [0.1, 0.15) is 30.5 Å². The van der Waals surface area contributed by atoms with E-state index in [1.807, 2.05) is 69.3 Å². The van der Waals surface area contributed by atoms with E-state index in [2.05, 4.69) is 21.2 Å². The average molecular weight is 505 g/mol. The molecule has 0 heterocycles. The summed E-state index contributed by atoms with van der Waals surface area (Å²) in [6.45, 7) is 6.35. The molecule has 3 rings (SSSR count). The first-order valence-corrected chi connectivity index (χ1v) is 11.3. The molecule has 0 aliphatic rings. The summed E-state index contributed by atoms with van der Waals surface area (Å²) in [6, 6.07) is 22.6. The van der Waals surface area contributed by atoms with E-state index in [1.165, 1.54) is 11.6 Å². The minimum atomic E-state index is -0.491. The van der Waals surface area contributed by atoms with Gasteiger partial charge in [0.2, 0.25) is 0 Å². The fraction of sp³-hybridized carbons (Fsp3) is 0.185. The van der Waals surface area contributed by atoms with E-state index in [0.717, 1.165) is 10.0 Å². The van der Waals surface area contributed by atoms with Gasteiger partial charge in [-0.05, 0) is 78.2 Å². The fourth-order valence-electron chi connectivity index (χ4n) is 3.00. The molecule has 0 unspecified atom stereocenters. The molecule has 1 N–H and O–H groups in total. The molecule has 0 fully saturated rings. The zero-order valence-electron chi connectivity index (χ0n) is 18.8. The summed E-state index contributed by atoms with van der Waals surface area (Å²) >= 11 is 3.51. The van der Waals surface area contributed by atoms with Gasteiger partial charge in [0.1, 0.15) is 29.7 Å².